The molecule has 0 atom stereocenters. The third-order valence-electron chi connectivity index (χ3n) is 4.57. The fourth-order valence-corrected chi connectivity index (χ4v) is 3.32. The zero-order valence-corrected chi connectivity index (χ0v) is 15.9. The van der Waals surface area contributed by atoms with Crippen molar-refractivity contribution in [1.82, 2.24) is 9.97 Å². The van der Waals surface area contributed by atoms with E-state index < -0.39 is 4.92 Å². The van der Waals surface area contributed by atoms with Crippen LogP contribution < -0.4 is 10.6 Å². The maximum atomic E-state index is 12.1. The number of anilines is 2. The maximum Gasteiger partial charge on any atom is 0.269 e. The molecular formula is C20H16ClN5O3. The summed E-state index contributed by atoms with van der Waals surface area (Å²) in [6, 6.07) is 11.7. The standard InChI is InChI=1S/C20H16ClN5O3/c21-14-3-6-16-17(10-14)24-18(27)9-13-11-23-20(25-19(13)16)22-8-7-12-1-4-15(5-2-12)26(28)29/h1-6,10-11H,7-9H2,(H,24,27)(H,22,23,25). The van der Waals surface area contributed by atoms with E-state index in [2.05, 4.69) is 20.6 Å². The molecule has 1 aliphatic heterocycles. The fraction of sp³-hybridized carbons (Fsp3) is 0.150. The van der Waals surface area contributed by atoms with Crippen molar-refractivity contribution in [2.75, 3.05) is 17.2 Å². The molecule has 0 fully saturated rings. The molecular weight excluding hydrogens is 394 g/mol. The van der Waals surface area contributed by atoms with Crippen molar-refractivity contribution in [2.45, 2.75) is 12.8 Å². The van der Waals surface area contributed by atoms with Gasteiger partial charge in [0.05, 0.1) is 22.7 Å². The van der Waals surface area contributed by atoms with Crippen molar-refractivity contribution in [3.8, 4) is 11.3 Å². The molecule has 0 spiro atoms. The molecule has 8 nitrogen and oxygen atoms in total. The molecule has 0 bridgehead atoms. The number of nitrogens with one attached hydrogen (secondary N) is 2. The summed E-state index contributed by atoms with van der Waals surface area (Å²) in [6.45, 7) is 0.557. The number of hydrogen-bond donors (Lipinski definition) is 2. The molecule has 2 aromatic carbocycles. The Morgan fingerprint density at radius 2 is 2.00 bits per heavy atom. The highest BCUT2D eigenvalue weighted by molar-refractivity contribution is 6.31. The zero-order valence-electron chi connectivity index (χ0n) is 15.2. The number of amides is 1. The topological polar surface area (TPSA) is 110 Å². The monoisotopic (exact) mass is 409 g/mol. The zero-order chi connectivity index (χ0) is 20.4. The Morgan fingerprint density at radius 1 is 1.21 bits per heavy atom. The fourth-order valence-electron chi connectivity index (χ4n) is 3.15. The first-order valence-corrected chi connectivity index (χ1v) is 9.30. The molecule has 3 aromatic rings. The number of carbonyl (C=O) groups excluding carboxylic acids is 1. The Morgan fingerprint density at radius 3 is 2.76 bits per heavy atom. The number of carbonyl (C=O) groups is 1. The van der Waals surface area contributed by atoms with Crippen LogP contribution in [-0.4, -0.2) is 27.3 Å². The average Bonchev–Trinajstić information content (AvgIpc) is 2.83. The summed E-state index contributed by atoms with van der Waals surface area (Å²) in [5.74, 6) is 0.302. The van der Waals surface area contributed by atoms with Gasteiger partial charge >= 0.3 is 0 Å². The smallest absolute Gasteiger partial charge is 0.269 e. The van der Waals surface area contributed by atoms with Gasteiger partial charge in [-0.1, -0.05) is 23.7 Å². The molecule has 0 unspecified atom stereocenters. The van der Waals surface area contributed by atoms with Gasteiger partial charge in [0.25, 0.3) is 5.69 Å². The van der Waals surface area contributed by atoms with Crippen molar-refractivity contribution in [1.29, 1.82) is 0 Å². The molecule has 0 saturated heterocycles. The minimum Gasteiger partial charge on any atom is -0.354 e. The van der Waals surface area contributed by atoms with Gasteiger partial charge in [-0.15, -0.1) is 0 Å². The van der Waals surface area contributed by atoms with Gasteiger partial charge in [0.2, 0.25) is 11.9 Å². The molecule has 0 saturated carbocycles. The molecule has 1 amide bonds. The number of rotatable bonds is 5. The predicted molar refractivity (Wildman–Crippen MR) is 110 cm³/mol. The highest BCUT2D eigenvalue weighted by Crippen LogP contribution is 2.34. The first-order valence-electron chi connectivity index (χ1n) is 8.92. The highest BCUT2D eigenvalue weighted by atomic mass is 35.5. The maximum absolute atomic E-state index is 12.1. The van der Waals surface area contributed by atoms with Gasteiger partial charge in [0.15, 0.2) is 0 Å². The summed E-state index contributed by atoms with van der Waals surface area (Å²) in [5.41, 5.74) is 3.87. The molecule has 2 heterocycles. The van der Waals surface area contributed by atoms with E-state index in [1.54, 1.807) is 30.5 Å². The summed E-state index contributed by atoms with van der Waals surface area (Å²) < 4.78 is 0. The lowest BCUT2D eigenvalue weighted by atomic mass is 10.1. The number of hydrogen-bond acceptors (Lipinski definition) is 6. The van der Waals surface area contributed by atoms with Crippen molar-refractivity contribution >= 4 is 34.8 Å². The van der Waals surface area contributed by atoms with Gasteiger partial charge in [-0.2, -0.15) is 0 Å². The Labute approximate surface area is 171 Å². The van der Waals surface area contributed by atoms with E-state index in [-0.39, 0.29) is 18.0 Å². The molecule has 2 N–H and O–H groups in total. The van der Waals surface area contributed by atoms with Gasteiger partial charge in [0.1, 0.15) is 0 Å². The minimum absolute atomic E-state index is 0.0673. The van der Waals surface area contributed by atoms with Crippen LogP contribution in [0, 0.1) is 10.1 Å². The molecule has 1 aromatic heterocycles. The van der Waals surface area contributed by atoms with E-state index in [4.69, 9.17) is 11.6 Å². The Kier molecular flexibility index (Phi) is 5.09. The molecule has 29 heavy (non-hydrogen) atoms. The Hall–Kier alpha value is -3.52. The van der Waals surface area contributed by atoms with E-state index in [0.29, 0.717) is 35.3 Å². The summed E-state index contributed by atoms with van der Waals surface area (Å²) in [7, 11) is 0. The van der Waals surface area contributed by atoms with E-state index in [1.165, 1.54) is 12.1 Å². The number of nitro groups is 1. The number of aromatic nitrogens is 2. The van der Waals surface area contributed by atoms with E-state index in [9.17, 15) is 14.9 Å². The Balaban J connectivity index is 1.51. The third-order valence-corrected chi connectivity index (χ3v) is 4.81. The Bertz CT molecular complexity index is 1100. The molecule has 4 rings (SSSR count). The van der Waals surface area contributed by atoms with Gasteiger partial charge in [-0.25, -0.2) is 9.97 Å². The van der Waals surface area contributed by atoms with Crippen LogP contribution in [0.2, 0.25) is 5.02 Å². The van der Waals surface area contributed by atoms with Crippen LogP contribution in [0.4, 0.5) is 17.3 Å². The highest BCUT2D eigenvalue weighted by Gasteiger charge is 2.21. The van der Waals surface area contributed by atoms with Crippen LogP contribution in [-0.2, 0) is 17.6 Å². The number of benzene rings is 2. The van der Waals surface area contributed by atoms with Gasteiger partial charge in [-0.05, 0) is 30.2 Å². The largest absolute Gasteiger partial charge is 0.354 e. The average molecular weight is 410 g/mol. The molecule has 0 radical (unpaired) electrons. The normalized spacial score (nSPS) is 12.4. The van der Waals surface area contributed by atoms with Crippen LogP contribution in [0.1, 0.15) is 11.1 Å². The van der Waals surface area contributed by atoms with Crippen molar-refractivity contribution in [2.24, 2.45) is 0 Å². The molecule has 0 aliphatic carbocycles. The number of fused-ring (bicyclic) bond motifs is 3. The first kappa shape index (κ1) is 18.8. The molecule has 146 valence electrons. The predicted octanol–water partition coefficient (Wildman–Crippen LogP) is 3.85. The van der Waals surface area contributed by atoms with Crippen LogP contribution >= 0.6 is 11.6 Å². The lowest BCUT2D eigenvalue weighted by molar-refractivity contribution is -0.384. The quantitative estimate of drug-likeness (QED) is 0.489. The summed E-state index contributed by atoms with van der Waals surface area (Å²) in [5, 5.41) is 17.3. The van der Waals surface area contributed by atoms with Crippen LogP contribution in [0.5, 0.6) is 0 Å². The van der Waals surface area contributed by atoms with Gasteiger partial charge < -0.3 is 10.6 Å². The first-order chi connectivity index (χ1) is 14.0. The van der Waals surface area contributed by atoms with Crippen molar-refractivity contribution in [3.63, 3.8) is 0 Å². The number of halogens is 1. The van der Waals surface area contributed by atoms with Crippen LogP contribution in [0.25, 0.3) is 11.3 Å². The van der Waals surface area contributed by atoms with E-state index in [0.717, 1.165) is 16.7 Å². The molecule has 1 aliphatic rings. The van der Waals surface area contributed by atoms with Crippen molar-refractivity contribution in [3.05, 3.63) is 74.9 Å². The second-order valence-corrected chi connectivity index (χ2v) is 7.02. The second-order valence-electron chi connectivity index (χ2n) is 6.58. The van der Waals surface area contributed by atoms with E-state index >= 15 is 0 Å². The molecule has 9 heteroatoms. The van der Waals surface area contributed by atoms with E-state index in [1.807, 2.05) is 6.07 Å². The SMILES string of the molecule is O=C1Cc2cnc(NCCc3ccc([N+](=O)[O-])cc3)nc2-c2ccc(Cl)cc2N1. The lowest BCUT2D eigenvalue weighted by Crippen LogP contribution is -2.13. The number of nitro benzene ring substituents is 1. The summed E-state index contributed by atoms with van der Waals surface area (Å²) >= 11 is 6.06. The summed E-state index contributed by atoms with van der Waals surface area (Å²) in [6.07, 6.45) is 2.50. The number of non-ortho nitro benzene ring substituents is 1. The second kappa shape index (κ2) is 7.84. The van der Waals surface area contributed by atoms with Gasteiger partial charge in [-0.3, -0.25) is 14.9 Å². The van der Waals surface area contributed by atoms with Crippen LogP contribution in [0.3, 0.4) is 0 Å². The third kappa shape index (κ3) is 4.17. The summed E-state index contributed by atoms with van der Waals surface area (Å²) in [4.78, 5) is 31.3. The lowest BCUT2D eigenvalue weighted by Gasteiger charge is -2.11. The van der Waals surface area contributed by atoms with Crippen LogP contribution in [0.15, 0.2) is 48.7 Å². The number of nitrogens with zero attached hydrogens (tertiary/aromatic N) is 3. The minimum atomic E-state index is -0.420. The van der Waals surface area contributed by atoms with Crippen molar-refractivity contribution < 1.29 is 9.72 Å². The van der Waals surface area contributed by atoms with Gasteiger partial charge in [0, 0.05) is 41.0 Å².